The van der Waals surface area contributed by atoms with Gasteiger partial charge in [-0.2, -0.15) is 4.98 Å². The summed E-state index contributed by atoms with van der Waals surface area (Å²) in [6.45, 7) is 2.02. The second-order valence-electron chi connectivity index (χ2n) is 5.79. The molecular weight excluding hydrogens is 346 g/mol. The highest BCUT2D eigenvalue weighted by Crippen LogP contribution is 2.21. The third-order valence-electron chi connectivity index (χ3n) is 3.89. The third-order valence-corrected chi connectivity index (χ3v) is 3.89. The van der Waals surface area contributed by atoms with Crippen molar-refractivity contribution in [2.75, 3.05) is 7.11 Å². The summed E-state index contributed by atoms with van der Waals surface area (Å²) in [5, 5.41) is 6.72. The Hall–Kier alpha value is -3.35. The van der Waals surface area contributed by atoms with Crippen LogP contribution in [0.3, 0.4) is 0 Å². The summed E-state index contributed by atoms with van der Waals surface area (Å²) >= 11 is 0. The van der Waals surface area contributed by atoms with Crippen molar-refractivity contribution in [1.82, 2.24) is 15.5 Å². The van der Waals surface area contributed by atoms with E-state index in [4.69, 9.17) is 14.0 Å². The van der Waals surface area contributed by atoms with Gasteiger partial charge in [0.15, 0.2) is 6.10 Å². The fourth-order valence-electron chi connectivity index (χ4n) is 2.47. The van der Waals surface area contributed by atoms with E-state index in [1.165, 1.54) is 0 Å². The van der Waals surface area contributed by atoms with E-state index in [0.29, 0.717) is 29.6 Å². The van der Waals surface area contributed by atoms with Gasteiger partial charge < -0.3 is 19.3 Å². The number of carbonyl (C=O) groups excluding carboxylic acids is 1. The first-order valence-electron chi connectivity index (χ1n) is 8.66. The van der Waals surface area contributed by atoms with Crippen LogP contribution in [-0.2, 0) is 11.3 Å². The number of nitrogens with one attached hydrogen (secondary N) is 1. The van der Waals surface area contributed by atoms with Gasteiger partial charge in [0, 0.05) is 5.56 Å². The van der Waals surface area contributed by atoms with E-state index < -0.39 is 6.10 Å². The minimum absolute atomic E-state index is 0.129. The van der Waals surface area contributed by atoms with E-state index in [1.54, 1.807) is 7.11 Å². The molecule has 7 nitrogen and oxygen atoms in total. The molecule has 3 aromatic rings. The van der Waals surface area contributed by atoms with Crippen molar-refractivity contribution in [3.63, 3.8) is 0 Å². The summed E-state index contributed by atoms with van der Waals surface area (Å²) in [6.07, 6.45) is -0.0484. The van der Waals surface area contributed by atoms with Crippen LogP contribution in [0.15, 0.2) is 59.1 Å². The van der Waals surface area contributed by atoms with E-state index in [9.17, 15) is 4.79 Å². The highest BCUT2D eigenvalue weighted by molar-refractivity contribution is 5.80. The van der Waals surface area contributed by atoms with Gasteiger partial charge in [0.05, 0.1) is 13.7 Å². The zero-order valence-corrected chi connectivity index (χ0v) is 15.2. The summed E-state index contributed by atoms with van der Waals surface area (Å²) in [4.78, 5) is 16.7. The van der Waals surface area contributed by atoms with E-state index in [1.807, 2.05) is 61.5 Å². The molecule has 0 spiro atoms. The average Bonchev–Trinajstić information content (AvgIpc) is 3.20. The maximum atomic E-state index is 12.4. The van der Waals surface area contributed by atoms with Crippen LogP contribution in [0.5, 0.6) is 11.5 Å². The van der Waals surface area contributed by atoms with E-state index in [-0.39, 0.29) is 12.5 Å². The van der Waals surface area contributed by atoms with E-state index in [0.717, 1.165) is 5.56 Å². The summed E-state index contributed by atoms with van der Waals surface area (Å²) in [5.41, 5.74) is 0.773. The lowest BCUT2D eigenvalue weighted by molar-refractivity contribution is -0.128. The van der Waals surface area contributed by atoms with Gasteiger partial charge in [0.1, 0.15) is 11.5 Å². The van der Waals surface area contributed by atoms with Crippen molar-refractivity contribution in [1.29, 1.82) is 0 Å². The molecule has 1 atom stereocenters. The van der Waals surface area contributed by atoms with Crippen LogP contribution in [0, 0.1) is 0 Å². The standard InChI is InChI=1S/C20H21N3O4/c1-3-17(26-15-9-5-4-6-10-15)20(24)21-13-18-22-19(23-27-18)14-8-7-11-16(12-14)25-2/h4-12,17H,3,13H2,1-2H3,(H,21,24)/t17-/m0/s1. The molecule has 1 aromatic heterocycles. The predicted molar refractivity (Wildman–Crippen MR) is 99.3 cm³/mol. The lowest BCUT2D eigenvalue weighted by Crippen LogP contribution is -2.37. The molecule has 0 aliphatic heterocycles. The molecule has 0 bridgehead atoms. The average molecular weight is 367 g/mol. The number of carbonyl (C=O) groups is 1. The molecule has 1 amide bonds. The molecule has 1 heterocycles. The number of ether oxygens (including phenoxy) is 2. The van der Waals surface area contributed by atoms with E-state index in [2.05, 4.69) is 15.5 Å². The summed E-state index contributed by atoms with van der Waals surface area (Å²) < 4.78 is 16.1. The maximum Gasteiger partial charge on any atom is 0.261 e. The van der Waals surface area contributed by atoms with Gasteiger partial charge in [-0.3, -0.25) is 4.79 Å². The van der Waals surface area contributed by atoms with Gasteiger partial charge in [-0.1, -0.05) is 42.4 Å². The van der Waals surface area contributed by atoms with Crippen molar-refractivity contribution in [2.45, 2.75) is 26.0 Å². The second kappa shape index (κ2) is 8.84. The van der Waals surface area contributed by atoms with Crippen LogP contribution < -0.4 is 14.8 Å². The molecule has 0 unspecified atom stereocenters. The monoisotopic (exact) mass is 367 g/mol. The van der Waals surface area contributed by atoms with Gasteiger partial charge in [0.2, 0.25) is 11.7 Å². The quantitative estimate of drug-likeness (QED) is 0.658. The Kier molecular flexibility index (Phi) is 6.04. The lowest BCUT2D eigenvalue weighted by atomic mass is 10.2. The van der Waals surface area contributed by atoms with Gasteiger partial charge in [-0.15, -0.1) is 0 Å². The Bertz CT molecular complexity index is 880. The maximum absolute atomic E-state index is 12.4. The number of methoxy groups -OCH3 is 1. The molecule has 0 saturated heterocycles. The highest BCUT2D eigenvalue weighted by Gasteiger charge is 2.19. The first-order chi connectivity index (χ1) is 13.2. The molecule has 1 N–H and O–H groups in total. The van der Waals surface area contributed by atoms with Crippen molar-refractivity contribution in [3.05, 3.63) is 60.5 Å². The Morgan fingerprint density at radius 2 is 1.93 bits per heavy atom. The van der Waals surface area contributed by atoms with Crippen molar-refractivity contribution in [2.24, 2.45) is 0 Å². The van der Waals surface area contributed by atoms with E-state index >= 15 is 0 Å². The Labute approximate surface area is 157 Å². The molecule has 7 heteroatoms. The highest BCUT2D eigenvalue weighted by atomic mass is 16.5. The fourth-order valence-corrected chi connectivity index (χ4v) is 2.47. The van der Waals surface area contributed by atoms with Crippen LogP contribution in [0.1, 0.15) is 19.2 Å². The normalized spacial score (nSPS) is 11.6. The number of rotatable bonds is 8. The molecule has 0 aliphatic rings. The zero-order chi connectivity index (χ0) is 19.1. The van der Waals surface area contributed by atoms with Crippen LogP contribution in [0.25, 0.3) is 11.4 Å². The smallest absolute Gasteiger partial charge is 0.261 e. The van der Waals surface area contributed by atoms with Crippen molar-refractivity contribution in [3.8, 4) is 22.9 Å². The van der Waals surface area contributed by atoms with Gasteiger partial charge in [-0.25, -0.2) is 0 Å². The molecule has 0 aliphatic carbocycles. The Morgan fingerprint density at radius 3 is 2.67 bits per heavy atom. The topological polar surface area (TPSA) is 86.5 Å². The minimum Gasteiger partial charge on any atom is -0.497 e. The number of amides is 1. The molecular formula is C20H21N3O4. The second-order valence-corrected chi connectivity index (χ2v) is 5.79. The van der Waals surface area contributed by atoms with Gasteiger partial charge in [-0.05, 0) is 30.7 Å². The minimum atomic E-state index is -0.590. The number of aromatic nitrogens is 2. The Morgan fingerprint density at radius 1 is 1.15 bits per heavy atom. The summed E-state index contributed by atoms with van der Waals surface area (Å²) in [7, 11) is 1.60. The third kappa shape index (κ3) is 4.84. The molecule has 3 rings (SSSR count). The van der Waals surface area contributed by atoms with Crippen molar-refractivity contribution >= 4 is 5.91 Å². The molecule has 0 fully saturated rings. The number of benzene rings is 2. The van der Waals surface area contributed by atoms with Crippen LogP contribution >= 0.6 is 0 Å². The largest absolute Gasteiger partial charge is 0.497 e. The fraction of sp³-hybridized carbons (Fsp3) is 0.250. The van der Waals surface area contributed by atoms with Gasteiger partial charge in [0.25, 0.3) is 5.91 Å². The first-order valence-corrected chi connectivity index (χ1v) is 8.66. The van der Waals surface area contributed by atoms with Gasteiger partial charge >= 0.3 is 0 Å². The number of para-hydroxylation sites is 1. The van der Waals surface area contributed by atoms with Crippen LogP contribution in [0.4, 0.5) is 0 Å². The number of hydrogen-bond donors (Lipinski definition) is 1. The summed E-state index contributed by atoms with van der Waals surface area (Å²) in [6, 6.07) is 16.6. The zero-order valence-electron chi connectivity index (χ0n) is 15.2. The first kappa shape index (κ1) is 18.4. The number of nitrogens with zero attached hydrogens (tertiary/aromatic N) is 2. The molecule has 0 radical (unpaired) electrons. The Balaban J connectivity index is 1.59. The molecule has 2 aromatic carbocycles. The molecule has 0 saturated carbocycles. The van der Waals surface area contributed by atoms with Crippen molar-refractivity contribution < 1.29 is 18.8 Å². The predicted octanol–water partition coefficient (Wildman–Crippen LogP) is 3.22. The van der Waals surface area contributed by atoms with Crippen LogP contribution in [0.2, 0.25) is 0 Å². The molecule has 27 heavy (non-hydrogen) atoms. The van der Waals surface area contributed by atoms with Crippen LogP contribution in [-0.4, -0.2) is 29.3 Å². The number of hydrogen-bond acceptors (Lipinski definition) is 6. The SMILES string of the molecule is CC[C@H](Oc1ccccc1)C(=O)NCc1nc(-c2cccc(OC)c2)no1. The summed E-state index contributed by atoms with van der Waals surface area (Å²) in [5.74, 6) is 1.87. The lowest BCUT2D eigenvalue weighted by Gasteiger charge is -2.16. The molecule has 140 valence electrons.